The van der Waals surface area contributed by atoms with Crippen LogP contribution in [0, 0.1) is 0 Å². The molecule has 1 N–H and O–H groups in total. The van der Waals surface area contributed by atoms with Gasteiger partial charge in [0, 0.05) is 23.6 Å². The summed E-state index contributed by atoms with van der Waals surface area (Å²) in [5, 5.41) is 3.66. The van der Waals surface area contributed by atoms with Gasteiger partial charge < -0.3 is 10.1 Å². The Morgan fingerprint density at radius 3 is 3.06 bits per heavy atom. The third-order valence-electron chi connectivity index (χ3n) is 2.94. The average molecular weight is 260 g/mol. The fourth-order valence-corrected chi connectivity index (χ4v) is 3.28. The standard InChI is InChI=1S/C12H18ClNOS/c1-2-10(11-5-6-12(13)16-11)14-9-4-3-7-15-8-9/h5-6,9-10,14H,2-4,7-8H2,1H3. The highest BCUT2D eigenvalue weighted by atomic mass is 35.5. The molecule has 0 spiro atoms. The van der Waals surface area contributed by atoms with Crippen LogP contribution in [-0.4, -0.2) is 19.3 Å². The van der Waals surface area contributed by atoms with E-state index in [9.17, 15) is 0 Å². The van der Waals surface area contributed by atoms with Crippen LogP contribution in [0.2, 0.25) is 4.34 Å². The fraction of sp³-hybridized carbons (Fsp3) is 0.667. The molecule has 0 amide bonds. The Morgan fingerprint density at radius 2 is 2.50 bits per heavy atom. The average Bonchev–Trinajstić information content (AvgIpc) is 2.74. The predicted molar refractivity (Wildman–Crippen MR) is 69.3 cm³/mol. The van der Waals surface area contributed by atoms with Crippen LogP contribution in [0.1, 0.15) is 37.1 Å². The molecule has 1 aliphatic heterocycles. The van der Waals surface area contributed by atoms with Gasteiger partial charge in [0.25, 0.3) is 0 Å². The number of ether oxygens (including phenoxy) is 1. The zero-order chi connectivity index (χ0) is 11.4. The van der Waals surface area contributed by atoms with Crippen molar-refractivity contribution in [3.63, 3.8) is 0 Å². The number of hydrogen-bond donors (Lipinski definition) is 1. The van der Waals surface area contributed by atoms with E-state index in [0.29, 0.717) is 12.1 Å². The van der Waals surface area contributed by atoms with Crippen molar-refractivity contribution in [2.75, 3.05) is 13.2 Å². The van der Waals surface area contributed by atoms with Crippen molar-refractivity contribution in [2.45, 2.75) is 38.3 Å². The lowest BCUT2D eigenvalue weighted by molar-refractivity contribution is 0.0662. The lowest BCUT2D eigenvalue weighted by Crippen LogP contribution is -2.38. The summed E-state index contributed by atoms with van der Waals surface area (Å²) in [7, 11) is 0. The first kappa shape index (κ1) is 12.4. The molecule has 2 heterocycles. The van der Waals surface area contributed by atoms with Crippen LogP contribution in [0.4, 0.5) is 0 Å². The summed E-state index contributed by atoms with van der Waals surface area (Å²) >= 11 is 7.64. The topological polar surface area (TPSA) is 21.3 Å². The SMILES string of the molecule is CCC(NC1CCCOC1)c1ccc(Cl)s1. The molecule has 0 aliphatic carbocycles. The van der Waals surface area contributed by atoms with Crippen LogP contribution in [0.5, 0.6) is 0 Å². The Morgan fingerprint density at radius 1 is 1.62 bits per heavy atom. The molecule has 2 atom stereocenters. The normalized spacial score (nSPS) is 23.2. The molecule has 1 aliphatic rings. The van der Waals surface area contributed by atoms with E-state index in [2.05, 4.69) is 18.3 Å². The Bertz CT molecular complexity index is 323. The molecule has 1 fully saturated rings. The minimum absolute atomic E-state index is 0.421. The van der Waals surface area contributed by atoms with Gasteiger partial charge in [-0.05, 0) is 31.4 Å². The first-order valence-electron chi connectivity index (χ1n) is 5.88. The van der Waals surface area contributed by atoms with Crippen molar-refractivity contribution in [3.8, 4) is 0 Å². The summed E-state index contributed by atoms with van der Waals surface area (Å²) in [4.78, 5) is 1.33. The van der Waals surface area contributed by atoms with Crippen LogP contribution in [-0.2, 0) is 4.74 Å². The highest BCUT2D eigenvalue weighted by Crippen LogP contribution is 2.29. The maximum absolute atomic E-state index is 5.97. The molecule has 16 heavy (non-hydrogen) atoms. The van der Waals surface area contributed by atoms with Crippen molar-refractivity contribution in [1.29, 1.82) is 0 Å². The number of halogens is 1. The number of hydrogen-bond acceptors (Lipinski definition) is 3. The van der Waals surface area contributed by atoms with Crippen LogP contribution in [0.25, 0.3) is 0 Å². The Balaban J connectivity index is 1.94. The fourth-order valence-electron chi connectivity index (χ4n) is 2.07. The lowest BCUT2D eigenvalue weighted by atomic mass is 10.1. The van der Waals surface area contributed by atoms with E-state index in [4.69, 9.17) is 16.3 Å². The van der Waals surface area contributed by atoms with Gasteiger partial charge in [-0.2, -0.15) is 0 Å². The Hall–Kier alpha value is -0.0900. The summed E-state index contributed by atoms with van der Waals surface area (Å²) in [5.41, 5.74) is 0. The van der Waals surface area contributed by atoms with Crippen molar-refractivity contribution >= 4 is 22.9 Å². The Kier molecular flexibility index (Phi) is 4.65. The van der Waals surface area contributed by atoms with Gasteiger partial charge in [-0.25, -0.2) is 0 Å². The summed E-state index contributed by atoms with van der Waals surface area (Å²) in [5.74, 6) is 0. The lowest BCUT2D eigenvalue weighted by Gasteiger charge is -2.27. The van der Waals surface area contributed by atoms with Gasteiger partial charge in [-0.1, -0.05) is 18.5 Å². The van der Waals surface area contributed by atoms with Crippen LogP contribution in [0.3, 0.4) is 0 Å². The van der Waals surface area contributed by atoms with E-state index in [1.807, 2.05) is 6.07 Å². The molecule has 2 nitrogen and oxygen atoms in total. The molecule has 2 rings (SSSR count). The molecule has 1 saturated heterocycles. The van der Waals surface area contributed by atoms with Gasteiger partial charge >= 0.3 is 0 Å². The maximum Gasteiger partial charge on any atom is 0.0931 e. The second kappa shape index (κ2) is 6.01. The van der Waals surface area contributed by atoms with Crippen molar-refractivity contribution in [2.24, 2.45) is 0 Å². The molecule has 0 aromatic carbocycles. The maximum atomic E-state index is 5.97. The summed E-state index contributed by atoms with van der Waals surface area (Å²) in [6, 6.07) is 5.02. The molecule has 90 valence electrons. The van der Waals surface area contributed by atoms with E-state index >= 15 is 0 Å². The predicted octanol–water partition coefficient (Wildman–Crippen LogP) is 3.62. The first-order chi connectivity index (χ1) is 7.79. The van der Waals surface area contributed by atoms with E-state index in [1.165, 1.54) is 17.7 Å². The number of nitrogens with one attached hydrogen (secondary N) is 1. The smallest absolute Gasteiger partial charge is 0.0931 e. The molecule has 4 heteroatoms. The molecular weight excluding hydrogens is 242 g/mol. The van der Waals surface area contributed by atoms with E-state index in [0.717, 1.165) is 24.0 Å². The minimum atomic E-state index is 0.421. The van der Waals surface area contributed by atoms with Crippen molar-refractivity contribution in [1.82, 2.24) is 5.32 Å². The minimum Gasteiger partial charge on any atom is -0.380 e. The number of rotatable bonds is 4. The summed E-state index contributed by atoms with van der Waals surface area (Å²) in [6.07, 6.45) is 3.47. The second-order valence-electron chi connectivity index (χ2n) is 4.18. The molecule has 2 unspecified atom stereocenters. The first-order valence-corrected chi connectivity index (χ1v) is 7.08. The van der Waals surface area contributed by atoms with Gasteiger partial charge in [0.05, 0.1) is 10.9 Å². The van der Waals surface area contributed by atoms with E-state index < -0.39 is 0 Å². The second-order valence-corrected chi connectivity index (χ2v) is 5.93. The van der Waals surface area contributed by atoms with Gasteiger partial charge in [-0.3, -0.25) is 0 Å². The molecule has 0 bridgehead atoms. The van der Waals surface area contributed by atoms with Gasteiger partial charge in [0.15, 0.2) is 0 Å². The van der Waals surface area contributed by atoms with Gasteiger partial charge in [-0.15, -0.1) is 11.3 Å². The zero-order valence-electron chi connectivity index (χ0n) is 9.54. The van der Waals surface area contributed by atoms with Crippen LogP contribution >= 0.6 is 22.9 Å². The van der Waals surface area contributed by atoms with E-state index in [-0.39, 0.29) is 0 Å². The third-order valence-corrected chi connectivity index (χ3v) is 4.29. The quantitative estimate of drug-likeness (QED) is 0.892. The molecule has 0 saturated carbocycles. The largest absolute Gasteiger partial charge is 0.380 e. The Labute approximate surface area is 106 Å². The summed E-state index contributed by atoms with van der Waals surface area (Å²) < 4.78 is 6.35. The molecule has 1 aromatic heterocycles. The monoisotopic (exact) mass is 259 g/mol. The zero-order valence-corrected chi connectivity index (χ0v) is 11.1. The van der Waals surface area contributed by atoms with E-state index in [1.54, 1.807) is 11.3 Å². The molecule has 0 radical (unpaired) electrons. The molecular formula is C12H18ClNOS. The van der Waals surface area contributed by atoms with Gasteiger partial charge in [0.2, 0.25) is 0 Å². The van der Waals surface area contributed by atoms with Crippen LogP contribution in [0.15, 0.2) is 12.1 Å². The van der Waals surface area contributed by atoms with Gasteiger partial charge in [0.1, 0.15) is 0 Å². The number of thiophene rings is 1. The van der Waals surface area contributed by atoms with Crippen molar-refractivity contribution in [3.05, 3.63) is 21.3 Å². The highest BCUT2D eigenvalue weighted by molar-refractivity contribution is 7.16. The third kappa shape index (κ3) is 3.20. The van der Waals surface area contributed by atoms with Crippen molar-refractivity contribution < 1.29 is 4.74 Å². The van der Waals surface area contributed by atoms with Crippen LogP contribution < -0.4 is 5.32 Å². The molecule has 1 aromatic rings. The highest BCUT2D eigenvalue weighted by Gasteiger charge is 2.19. The summed E-state index contributed by atoms with van der Waals surface area (Å²) in [6.45, 7) is 3.96.